The van der Waals surface area contributed by atoms with E-state index in [0.717, 1.165) is 18.6 Å². The molecule has 1 saturated heterocycles. The van der Waals surface area contributed by atoms with Crippen LogP contribution in [-0.4, -0.2) is 62.0 Å². The zero-order valence-corrected chi connectivity index (χ0v) is 19.9. The Balaban J connectivity index is 1.51. The van der Waals surface area contributed by atoms with Crippen LogP contribution in [0.15, 0.2) is 40.9 Å². The first-order valence-corrected chi connectivity index (χ1v) is 11.2. The Bertz CT molecular complexity index is 1100. The van der Waals surface area contributed by atoms with Crippen molar-refractivity contribution in [1.29, 1.82) is 0 Å². The molecule has 1 aliphatic rings. The third-order valence-corrected chi connectivity index (χ3v) is 5.83. The van der Waals surface area contributed by atoms with Crippen LogP contribution in [0.25, 0.3) is 11.4 Å². The van der Waals surface area contributed by atoms with E-state index in [-0.39, 0.29) is 11.8 Å². The second-order valence-electron chi connectivity index (χ2n) is 7.92. The maximum absolute atomic E-state index is 13.1. The molecule has 4 rings (SSSR count). The number of ether oxygens (including phenoxy) is 4. The summed E-state index contributed by atoms with van der Waals surface area (Å²) in [7, 11) is 4.66. The molecule has 0 N–H and O–H groups in total. The minimum absolute atomic E-state index is 0.0166. The molecule has 1 aromatic heterocycles. The fourth-order valence-electron chi connectivity index (χ4n) is 4.13. The van der Waals surface area contributed by atoms with E-state index in [9.17, 15) is 4.79 Å². The van der Waals surface area contributed by atoms with Crippen LogP contribution in [0.2, 0.25) is 0 Å². The number of carbonyl (C=O) groups is 1. The van der Waals surface area contributed by atoms with Crippen molar-refractivity contribution in [3.63, 3.8) is 0 Å². The van der Waals surface area contributed by atoms with Gasteiger partial charge in [0.25, 0.3) is 5.91 Å². The van der Waals surface area contributed by atoms with Gasteiger partial charge < -0.3 is 28.4 Å². The first-order valence-electron chi connectivity index (χ1n) is 11.2. The number of aromatic nitrogens is 2. The van der Waals surface area contributed by atoms with Crippen molar-refractivity contribution in [3.05, 3.63) is 47.9 Å². The second kappa shape index (κ2) is 10.5. The molecule has 0 bridgehead atoms. The van der Waals surface area contributed by atoms with E-state index >= 15 is 0 Å². The van der Waals surface area contributed by atoms with Crippen LogP contribution in [0.4, 0.5) is 0 Å². The maximum atomic E-state index is 13.1. The number of methoxy groups -OCH3 is 3. The van der Waals surface area contributed by atoms with Gasteiger partial charge in [0, 0.05) is 24.2 Å². The van der Waals surface area contributed by atoms with Gasteiger partial charge in [-0.1, -0.05) is 5.16 Å². The summed E-state index contributed by atoms with van der Waals surface area (Å²) in [6.07, 6.45) is 1.72. The molecular formula is C25H29N3O6. The average molecular weight is 468 g/mol. The molecule has 1 amide bonds. The molecule has 1 fully saturated rings. The van der Waals surface area contributed by atoms with E-state index in [1.807, 2.05) is 24.0 Å². The van der Waals surface area contributed by atoms with E-state index < -0.39 is 0 Å². The molecule has 180 valence electrons. The number of hydrogen-bond donors (Lipinski definition) is 0. The van der Waals surface area contributed by atoms with E-state index in [2.05, 4.69) is 10.1 Å². The van der Waals surface area contributed by atoms with E-state index in [1.54, 1.807) is 45.6 Å². The number of rotatable bonds is 8. The van der Waals surface area contributed by atoms with E-state index in [0.29, 0.717) is 59.8 Å². The lowest BCUT2D eigenvalue weighted by Gasteiger charge is -2.31. The fraction of sp³-hybridized carbons (Fsp3) is 0.400. The van der Waals surface area contributed by atoms with Crippen LogP contribution in [-0.2, 0) is 0 Å². The Labute approximate surface area is 198 Å². The molecule has 34 heavy (non-hydrogen) atoms. The molecular weight excluding hydrogens is 438 g/mol. The highest BCUT2D eigenvalue weighted by Gasteiger charge is 2.29. The van der Waals surface area contributed by atoms with Gasteiger partial charge in [0.1, 0.15) is 5.75 Å². The maximum Gasteiger partial charge on any atom is 0.253 e. The highest BCUT2D eigenvalue weighted by atomic mass is 16.5. The number of nitrogens with zero attached hydrogens (tertiary/aromatic N) is 3. The zero-order chi connectivity index (χ0) is 24.1. The largest absolute Gasteiger partial charge is 0.494 e. The predicted octanol–water partition coefficient (Wildman–Crippen LogP) is 4.18. The third kappa shape index (κ3) is 4.78. The van der Waals surface area contributed by atoms with Crippen molar-refractivity contribution in [2.45, 2.75) is 25.7 Å². The monoisotopic (exact) mass is 467 g/mol. The predicted molar refractivity (Wildman–Crippen MR) is 125 cm³/mol. The zero-order valence-electron chi connectivity index (χ0n) is 19.9. The van der Waals surface area contributed by atoms with Gasteiger partial charge in [-0.2, -0.15) is 4.98 Å². The summed E-state index contributed by atoms with van der Waals surface area (Å²) in [6, 6.07) is 10.8. The van der Waals surface area contributed by atoms with E-state index in [1.165, 1.54) is 0 Å². The van der Waals surface area contributed by atoms with Crippen LogP contribution in [0, 0.1) is 0 Å². The normalized spacial score (nSPS) is 15.6. The van der Waals surface area contributed by atoms with Gasteiger partial charge in [0.2, 0.25) is 17.5 Å². The van der Waals surface area contributed by atoms with E-state index in [4.69, 9.17) is 23.5 Å². The Morgan fingerprint density at radius 1 is 1.09 bits per heavy atom. The third-order valence-electron chi connectivity index (χ3n) is 5.83. The molecule has 0 spiro atoms. The summed E-state index contributed by atoms with van der Waals surface area (Å²) in [5.41, 5.74) is 1.32. The summed E-state index contributed by atoms with van der Waals surface area (Å²) in [5, 5.41) is 4.17. The van der Waals surface area contributed by atoms with Crippen molar-refractivity contribution in [1.82, 2.24) is 15.0 Å². The summed E-state index contributed by atoms with van der Waals surface area (Å²) < 4.78 is 27.3. The van der Waals surface area contributed by atoms with Crippen molar-refractivity contribution < 1.29 is 28.3 Å². The first-order chi connectivity index (χ1) is 16.6. The fourth-order valence-corrected chi connectivity index (χ4v) is 4.13. The molecule has 9 nitrogen and oxygen atoms in total. The Kier molecular flexibility index (Phi) is 7.20. The SMILES string of the molecule is CCOc1ccc(C(=O)N2CCC[C@@H](c3nc(-c4cc(OC)c(OC)c(OC)c4)no3)C2)cc1. The lowest BCUT2D eigenvalue weighted by atomic mass is 9.97. The summed E-state index contributed by atoms with van der Waals surface area (Å²) in [5.74, 6) is 3.13. The van der Waals surface area contributed by atoms with Gasteiger partial charge >= 0.3 is 0 Å². The molecule has 0 unspecified atom stereocenters. The van der Waals surface area contributed by atoms with Crippen molar-refractivity contribution in [2.24, 2.45) is 0 Å². The quantitative estimate of drug-likeness (QED) is 0.487. The molecule has 1 aliphatic heterocycles. The van der Waals surface area contributed by atoms with Crippen molar-refractivity contribution in [3.8, 4) is 34.4 Å². The topological polar surface area (TPSA) is 96.2 Å². The highest BCUT2D eigenvalue weighted by molar-refractivity contribution is 5.94. The van der Waals surface area contributed by atoms with Gasteiger partial charge in [0.15, 0.2) is 11.5 Å². The lowest BCUT2D eigenvalue weighted by Crippen LogP contribution is -2.39. The van der Waals surface area contributed by atoms with Gasteiger partial charge in [-0.25, -0.2) is 0 Å². The molecule has 9 heteroatoms. The van der Waals surface area contributed by atoms with Gasteiger partial charge in [-0.15, -0.1) is 0 Å². The first kappa shape index (κ1) is 23.4. The minimum Gasteiger partial charge on any atom is -0.494 e. The number of benzene rings is 2. The van der Waals surface area contributed by atoms with Crippen LogP contribution in [0.5, 0.6) is 23.0 Å². The standard InChI is InChI=1S/C25H29N3O6/c1-5-33-19-10-8-16(9-11-19)25(29)28-12-6-7-17(15-28)24-26-23(27-34-24)18-13-20(30-2)22(32-4)21(14-18)31-3/h8-11,13-14,17H,5-7,12,15H2,1-4H3/t17-/m1/s1. The smallest absolute Gasteiger partial charge is 0.253 e. The Morgan fingerprint density at radius 3 is 2.41 bits per heavy atom. The molecule has 0 radical (unpaired) electrons. The minimum atomic E-state index is -0.0383. The van der Waals surface area contributed by atoms with Crippen LogP contribution >= 0.6 is 0 Å². The lowest BCUT2D eigenvalue weighted by molar-refractivity contribution is 0.0695. The molecule has 1 atom stereocenters. The van der Waals surface area contributed by atoms with Gasteiger partial charge in [-0.3, -0.25) is 4.79 Å². The summed E-state index contributed by atoms with van der Waals surface area (Å²) in [6.45, 7) is 3.72. The average Bonchev–Trinajstić information content (AvgIpc) is 3.38. The molecule has 2 heterocycles. The highest BCUT2D eigenvalue weighted by Crippen LogP contribution is 2.41. The van der Waals surface area contributed by atoms with Crippen LogP contribution in [0.1, 0.15) is 41.9 Å². The number of amides is 1. The molecule has 0 aliphatic carbocycles. The number of piperidine rings is 1. The second-order valence-corrected chi connectivity index (χ2v) is 7.92. The Morgan fingerprint density at radius 2 is 1.79 bits per heavy atom. The van der Waals surface area contributed by atoms with Crippen molar-refractivity contribution in [2.75, 3.05) is 41.0 Å². The summed E-state index contributed by atoms with van der Waals surface area (Å²) >= 11 is 0. The van der Waals surface area contributed by atoms with Gasteiger partial charge in [0.05, 0.1) is 33.9 Å². The van der Waals surface area contributed by atoms with Crippen molar-refractivity contribution >= 4 is 5.91 Å². The van der Waals surface area contributed by atoms with Crippen LogP contribution in [0.3, 0.4) is 0 Å². The van der Waals surface area contributed by atoms with Gasteiger partial charge in [-0.05, 0) is 56.2 Å². The Hall–Kier alpha value is -3.75. The molecule has 0 saturated carbocycles. The number of likely N-dealkylation sites (tertiary alicyclic amines) is 1. The molecule has 2 aromatic carbocycles. The summed E-state index contributed by atoms with van der Waals surface area (Å²) in [4.78, 5) is 19.5. The number of carbonyl (C=O) groups excluding carboxylic acids is 1. The van der Waals surface area contributed by atoms with Crippen LogP contribution < -0.4 is 18.9 Å². The molecule has 3 aromatic rings. The number of hydrogen-bond acceptors (Lipinski definition) is 8.